The molecule has 6 heteroatoms. The molecule has 0 bridgehead atoms. The molecule has 1 amide bonds. The van der Waals surface area contributed by atoms with Crippen LogP contribution in [0.3, 0.4) is 0 Å². The molecule has 1 aromatic heterocycles. The van der Waals surface area contributed by atoms with Crippen molar-refractivity contribution in [3.63, 3.8) is 0 Å². The quantitative estimate of drug-likeness (QED) is 0.620. The van der Waals surface area contributed by atoms with Gasteiger partial charge in [0.1, 0.15) is 0 Å². The third-order valence-electron chi connectivity index (χ3n) is 5.85. The summed E-state index contributed by atoms with van der Waals surface area (Å²) in [6.07, 6.45) is 5.83. The lowest BCUT2D eigenvalue weighted by Gasteiger charge is -2.27. The van der Waals surface area contributed by atoms with Gasteiger partial charge in [-0.05, 0) is 63.5 Å². The van der Waals surface area contributed by atoms with E-state index < -0.39 is 9.84 Å². The average molecular weight is 429 g/mol. The van der Waals surface area contributed by atoms with E-state index in [0.717, 1.165) is 35.5 Å². The lowest BCUT2D eigenvalue weighted by atomic mass is 10.1. The minimum Gasteiger partial charge on any atom is -0.335 e. The van der Waals surface area contributed by atoms with Crippen LogP contribution in [0.1, 0.15) is 48.7 Å². The largest absolute Gasteiger partial charge is 0.335 e. The third kappa shape index (κ3) is 5.04. The predicted molar refractivity (Wildman–Crippen MR) is 123 cm³/mol. The monoisotopic (exact) mass is 428 g/mol. The number of unbranched alkanes of at least 4 members (excludes halogenated alkanes) is 1. The van der Waals surface area contributed by atoms with Crippen LogP contribution in [0.25, 0.3) is 11.8 Å². The van der Waals surface area contributed by atoms with E-state index in [4.69, 9.17) is 0 Å². The van der Waals surface area contributed by atoms with Crippen LogP contribution in [0.2, 0.25) is 0 Å². The standard InChI is InChI=1S/C24H32N2O3S/c1-5-6-14-25(23-13-15-30(28,29)17-23)24(27)12-9-21-16-19(3)26(20(21)4)22-10-7-18(2)8-11-22/h7-12,16,23H,5-6,13-15,17H2,1-4H3/b12-9+. The first kappa shape index (κ1) is 22.3. The molecule has 1 fully saturated rings. The van der Waals surface area contributed by atoms with Crippen molar-refractivity contribution in [2.75, 3.05) is 18.1 Å². The lowest BCUT2D eigenvalue weighted by molar-refractivity contribution is -0.127. The average Bonchev–Trinajstić information content (AvgIpc) is 3.19. The summed E-state index contributed by atoms with van der Waals surface area (Å²) < 4.78 is 26.0. The summed E-state index contributed by atoms with van der Waals surface area (Å²) >= 11 is 0. The molecular formula is C24H32N2O3S. The van der Waals surface area contributed by atoms with Crippen molar-refractivity contribution in [1.82, 2.24) is 9.47 Å². The second-order valence-electron chi connectivity index (χ2n) is 8.27. The van der Waals surface area contributed by atoms with Gasteiger partial charge in [-0.2, -0.15) is 0 Å². The fraction of sp³-hybridized carbons (Fsp3) is 0.458. The number of hydrogen-bond donors (Lipinski definition) is 0. The molecule has 1 unspecified atom stereocenters. The first-order chi connectivity index (χ1) is 14.2. The van der Waals surface area contributed by atoms with Crippen molar-refractivity contribution in [1.29, 1.82) is 0 Å². The summed E-state index contributed by atoms with van der Waals surface area (Å²) in [5.41, 5.74) is 5.49. The Balaban J connectivity index is 1.82. The second kappa shape index (κ2) is 9.21. The molecule has 0 aliphatic carbocycles. The van der Waals surface area contributed by atoms with E-state index in [1.165, 1.54) is 5.56 Å². The molecule has 1 saturated heterocycles. The first-order valence-corrected chi connectivity index (χ1v) is 12.5. The number of amides is 1. The minimum absolute atomic E-state index is 0.0816. The molecule has 0 spiro atoms. The molecule has 5 nitrogen and oxygen atoms in total. The number of rotatable bonds is 7. The Bertz CT molecular complexity index is 1030. The Kier molecular flexibility index (Phi) is 6.86. The normalized spacial score (nSPS) is 18.2. The molecule has 3 rings (SSSR count). The molecule has 2 aromatic rings. The molecular weight excluding hydrogens is 396 g/mol. The topological polar surface area (TPSA) is 59.4 Å². The maximum atomic E-state index is 13.0. The van der Waals surface area contributed by atoms with Crippen molar-refractivity contribution >= 4 is 21.8 Å². The highest BCUT2D eigenvalue weighted by atomic mass is 32.2. The van der Waals surface area contributed by atoms with Gasteiger partial charge in [-0.3, -0.25) is 4.79 Å². The Labute approximate surface area is 180 Å². The van der Waals surface area contributed by atoms with Gasteiger partial charge in [0.25, 0.3) is 0 Å². The smallest absolute Gasteiger partial charge is 0.246 e. The van der Waals surface area contributed by atoms with Gasteiger partial charge in [0.2, 0.25) is 5.91 Å². The van der Waals surface area contributed by atoms with Crippen LogP contribution in [-0.4, -0.2) is 47.9 Å². The van der Waals surface area contributed by atoms with Crippen molar-refractivity contribution in [2.24, 2.45) is 0 Å². The van der Waals surface area contributed by atoms with Gasteiger partial charge in [-0.15, -0.1) is 0 Å². The molecule has 0 N–H and O–H groups in total. The van der Waals surface area contributed by atoms with Crippen molar-refractivity contribution in [3.05, 3.63) is 58.9 Å². The molecule has 1 aliphatic rings. The molecule has 1 aromatic carbocycles. The van der Waals surface area contributed by atoms with E-state index in [1.807, 2.05) is 6.08 Å². The summed E-state index contributed by atoms with van der Waals surface area (Å²) in [5, 5.41) is 0. The first-order valence-electron chi connectivity index (χ1n) is 10.7. The second-order valence-corrected chi connectivity index (χ2v) is 10.5. The summed E-state index contributed by atoms with van der Waals surface area (Å²) in [6, 6.07) is 10.2. The zero-order valence-electron chi connectivity index (χ0n) is 18.4. The zero-order chi connectivity index (χ0) is 21.9. The summed E-state index contributed by atoms with van der Waals surface area (Å²) in [5.74, 6) is 0.151. The van der Waals surface area contributed by atoms with Gasteiger partial charge in [0, 0.05) is 35.7 Å². The molecule has 30 heavy (non-hydrogen) atoms. The number of aryl methyl sites for hydroxylation is 2. The Morgan fingerprint density at radius 1 is 1.20 bits per heavy atom. The summed E-state index contributed by atoms with van der Waals surface area (Å²) in [7, 11) is -3.03. The lowest BCUT2D eigenvalue weighted by Crippen LogP contribution is -2.40. The van der Waals surface area contributed by atoms with Crippen LogP contribution in [0.4, 0.5) is 0 Å². The van der Waals surface area contributed by atoms with E-state index in [1.54, 1.807) is 11.0 Å². The maximum absolute atomic E-state index is 13.0. The van der Waals surface area contributed by atoms with Crippen molar-refractivity contribution in [2.45, 2.75) is 53.0 Å². The van der Waals surface area contributed by atoms with Crippen LogP contribution in [0.15, 0.2) is 36.4 Å². The van der Waals surface area contributed by atoms with Crippen LogP contribution < -0.4 is 0 Å². The van der Waals surface area contributed by atoms with Crippen LogP contribution >= 0.6 is 0 Å². The summed E-state index contributed by atoms with van der Waals surface area (Å²) in [4.78, 5) is 14.7. The number of aromatic nitrogens is 1. The molecule has 162 valence electrons. The van der Waals surface area contributed by atoms with E-state index in [0.29, 0.717) is 13.0 Å². The van der Waals surface area contributed by atoms with Crippen LogP contribution in [-0.2, 0) is 14.6 Å². The molecule has 1 aliphatic heterocycles. The predicted octanol–water partition coefficient (Wildman–Crippen LogP) is 4.23. The van der Waals surface area contributed by atoms with Gasteiger partial charge in [-0.25, -0.2) is 8.42 Å². The number of nitrogens with zero attached hydrogens (tertiary/aromatic N) is 2. The summed E-state index contributed by atoms with van der Waals surface area (Å²) in [6.45, 7) is 8.85. The van der Waals surface area contributed by atoms with E-state index in [9.17, 15) is 13.2 Å². The number of hydrogen-bond acceptors (Lipinski definition) is 3. The molecule has 2 heterocycles. The number of benzene rings is 1. The van der Waals surface area contributed by atoms with Crippen LogP contribution in [0.5, 0.6) is 0 Å². The van der Waals surface area contributed by atoms with Gasteiger partial charge in [0.05, 0.1) is 11.5 Å². The zero-order valence-corrected chi connectivity index (χ0v) is 19.2. The maximum Gasteiger partial charge on any atom is 0.246 e. The minimum atomic E-state index is -3.03. The highest BCUT2D eigenvalue weighted by Gasteiger charge is 2.33. The fourth-order valence-corrected chi connectivity index (χ4v) is 5.86. The highest BCUT2D eigenvalue weighted by Crippen LogP contribution is 2.23. The van der Waals surface area contributed by atoms with Gasteiger partial charge in [-0.1, -0.05) is 31.0 Å². The Morgan fingerprint density at radius 3 is 2.50 bits per heavy atom. The van der Waals surface area contributed by atoms with E-state index in [2.05, 4.69) is 62.6 Å². The number of carbonyl (C=O) groups is 1. The molecule has 1 atom stereocenters. The SMILES string of the molecule is CCCCN(C(=O)/C=C/c1cc(C)n(-c2ccc(C)cc2)c1C)C1CCS(=O)(=O)C1. The van der Waals surface area contributed by atoms with Gasteiger partial charge in [0.15, 0.2) is 9.84 Å². The van der Waals surface area contributed by atoms with Crippen molar-refractivity contribution in [3.8, 4) is 5.69 Å². The molecule has 0 saturated carbocycles. The molecule has 0 radical (unpaired) electrons. The highest BCUT2D eigenvalue weighted by molar-refractivity contribution is 7.91. The fourth-order valence-electron chi connectivity index (χ4n) is 4.13. The number of carbonyl (C=O) groups excluding carboxylic acids is 1. The van der Waals surface area contributed by atoms with Gasteiger partial charge >= 0.3 is 0 Å². The van der Waals surface area contributed by atoms with E-state index >= 15 is 0 Å². The van der Waals surface area contributed by atoms with Crippen molar-refractivity contribution < 1.29 is 13.2 Å². The van der Waals surface area contributed by atoms with Crippen LogP contribution in [0, 0.1) is 20.8 Å². The number of sulfone groups is 1. The van der Waals surface area contributed by atoms with Gasteiger partial charge < -0.3 is 9.47 Å². The Hall–Kier alpha value is -2.34. The van der Waals surface area contributed by atoms with E-state index in [-0.39, 0.29) is 23.5 Å². The third-order valence-corrected chi connectivity index (χ3v) is 7.60. The Morgan fingerprint density at radius 2 is 1.90 bits per heavy atom.